The van der Waals surface area contributed by atoms with Crippen LogP contribution in [0.3, 0.4) is 0 Å². The van der Waals surface area contributed by atoms with E-state index in [-0.39, 0.29) is 36.4 Å². The molecule has 1 aromatic heterocycles. The van der Waals surface area contributed by atoms with Crippen molar-refractivity contribution in [3.63, 3.8) is 0 Å². The molecule has 3 aliphatic rings. The van der Waals surface area contributed by atoms with Crippen LogP contribution in [0.5, 0.6) is 11.5 Å². The van der Waals surface area contributed by atoms with Gasteiger partial charge in [0.25, 0.3) is 5.91 Å². The van der Waals surface area contributed by atoms with E-state index >= 15 is 0 Å². The van der Waals surface area contributed by atoms with E-state index in [4.69, 9.17) is 14.0 Å². The number of fused-ring (bicyclic) bond motifs is 2. The number of ether oxygens (including phenoxy) is 2. The highest BCUT2D eigenvalue weighted by molar-refractivity contribution is 5.91. The standard InChI is InChI=1S/C21H25N3O5/c1-2-16-6-18(29-22-16)20(26)24-9-15-8-23(10-21(15,11-24)12-25)7-14-4-3-5-17-19(14)28-13-27-17/h3-6,15,25H,2,7-13H2,1H3/t15-,21+/m0/s1. The van der Waals surface area contributed by atoms with Crippen LogP contribution in [0.4, 0.5) is 0 Å². The van der Waals surface area contributed by atoms with Gasteiger partial charge in [0.2, 0.25) is 12.6 Å². The average molecular weight is 399 g/mol. The van der Waals surface area contributed by atoms with Gasteiger partial charge in [0.1, 0.15) is 0 Å². The van der Waals surface area contributed by atoms with E-state index in [1.807, 2.05) is 19.1 Å². The summed E-state index contributed by atoms with van der Waals surface area (Å²) in [6, 6.07) is 7.66. The molecule has 2 saturated heterocycles. The van der Waals surface area contributed by atoms with Gasteiger partial charge < -0.3 is 24.0 Å². The van der Waals surface area contributed by atoms with Crippen LogP contribution in [0.1, 0.15) is 28.7 Å². The predicted octanol–water partition coefficient (Wildman–Crippen LogP) is 1.53. The number of nitrogens with zero attached hydrogens (tertiary/aromatic N) is 3. The number of aliphatic hydroxyl groups is 1. The summed E-state index contributed by atoms with van der Waals surface area (Å²) in [7, 11) is 0. The molecule has 8 nitrogen and oxygen atoms in total. The van der Waals surface area contributed by atoms with E-state index in [0.717, 1.165) is 48.8 Å². The molecule has 3 aliphatic heterocycles. The summed E-state index contributed by atoms with van der Waals surface area (Å²) in [6.07, 6.45) is 0.729. The molecule has 0 bridgehead atoms. The largest absolute Gasteiger partial charge is 0.454 e. The van der Waals surface area contributed by atoms with Gasteiger partial charge in [0.15, 0.2) is 11.5 Å². The highest BCUT2D eigenvalue weighted by Crippen LogP contribution is 2.44. The van der Waals surface area contributed by atoms with Crippen LogP contribution >= 0.6 is 0 Å². The molecule has 8 heteroatoms. The van der Waals surface area contributed by atoms with E-state index in [9.17, 15) is 9.90 Å². The Morgan fingerprint density at radius 1 is 1.31 bits per heavy atom. The van der Waals surface area contributed by atoms with Gasteiger partial charge in [0.05, 0.1) is 12.3 Å². The van der Waals surface area contributed by atoms with Gasteiger partial charge in [-0.3, -0.25) is 9.69 Å². The molecule has 1 amide bonds. The Kier molecular flexibility index (Phi) is 4.48. The molecule has 29 heavy (non-hydrogen) atoms. The maximum atomic E-state index is 12.8. The van der Waals surface area contributed by atoms with Crippen molar-refractivity contribution in [2.24, 2.45) is 11.3 Å². The minimum Gasteiger partial charge on any atom is -0.454 e. The van der Waals surface area contributed by atoms with E-state index in [2.05, 4.69) is 16.1 Å². The number of benzene rings is 1. The summed E-state index contributed by atoms with van der Waals surface area (Å²) in [5, 5.41) is 14.2. The zero-order valence-corrected chi connectivity index (χ0v) is 16.5. The second-order valence-electron chi connectivity index (χ2n) is 8.26. The van der Waals surface area contributed by atoms with Gasteiger partial charge in [0, 0.05) is 49.8 Å². The maximum absolute atomic E-state index is 12.8. The highest BCUT2D eigenvalue weighted by Gasteiger charge is 2.53. The number of carbonyl (C=O) groups is 1. The van der Waals surface area contributed by atoms with Crippen molar-refractivity contribution < 1.29 is 23.9 Å². The molecule has 0 saturated carbocycles. The van der Waals surface area contributed by atoms with Crippen molar-refractivity contribution in [3.8, 4) is 11.5 Å². The first-order chi connectivity index (χ1) is 14.1. The van der Waals surface area contributed by atoms with Gasteiger partial charge in [-0.2, -0.15) is 0 Å². The van der Waals surface area contributed by atoms with Crippen molar-refractivity contribution in [3.05, 3.63) is 41.3 Å². The zero-order valence-electron chi connectivity index (χ0n) is 16.5. The van der Waals surface area contributed by atoms with Gasteiger partial charge in [-0.15, -0.1) is 0 Å². The third-order valence-corrected chi connectivity index (χ3v) is 6.44. The minimum atomic E-state index is -0.307. The molecular formula is C21H25N3O5. The fraction of sp³-hybridized carbons (Fsp3) is 0.524. The summed E-state index contributed by atoms with van der Waals surface area (Å²) in [5.41, 5.74) is 1.56. The molecule has 0 unspecified atom stereocenters. The summed E-state index contributed by atoms with van der Waals surface area (Å²) >= 11 is 0. The van der Waals surface area contributed by atoms with Crippen molar-refractivity contribution >= 4 is 5.91 Å². The Morgan fingerprint density at radius 2 is 2.21 bits per heavy atom. The fourth-order valence-corrected chi connectivity index (χ4v) is 4.88. The number of rotatable bonds is 5. The lowest BCUT2D eigenvalue weighted by Crippen LogP contribution is -2.38. The molecule has 1 N–H and O–H groups in total. The van der Waals surface area contributed by atoms with Crippen LogP contribution in [0, 0.1) is 11.3 Å². The molecule has 2 aromatic rings. The van der Waals surface area contributed by atoms with Crippen LogP contribution in [0.25, 0.3) is 0 Å². The lowest BCUT2D eigenvalue weighted by Gasteiger charge is -2.27. The molecule has 2 atom stereocenters. The monoisotopic (exact) mass is 399 g/mol. The first-order valence-electron chi connectivity index (χ1n) is 10.1. The van der Waals surface area contributed by atoms with E-state index in [1.54, 1.807) is 11.0 Å². The number of amides is 1. The quantitative estimate of drug-likeness (QED) is 0.816. The van der Waals surface area contributed by atoms with Crippen molar-refractivity contribution in [2.75, 3.05) is 39.6 Å². The van der Waals surface area contributed by atoms with Crippen molar-refractivity contribution in [1.29, 1.82) is 0 Å². The Hall–Kier alpha value is -2.58. The molecule has 154 valence electrons. The Bertz CT molecular complexity index is 929. The van der Waals surface area contributed by atoms with Gasteiger partial charge >= 0.3 is 0 Å². The third-order valence-electron chi connectivity index (χ3n) is 6.44. The predicted molar refractivity (Wildman–Crippen MR) is 103 cm³/mol. The fourth-order valence-electron chi connectivity index (χ4n) is 4.88. The van der Waals surface area contributed by atoms with Crippen molar-refractivity contribution in [2.45, 2.75) is 19.9 Å². The van der Waals surface area contributed by atoms with Gasteiger partial charge in [-0.1, -0.05) is 24.2 Å². The number of aryl methyl sites for hydroxylation is 1. The van der Waals surface area contributed by atoms with Gasteiger partial charge in [-0.25, -0.2) is 0 Å². The second-order valence-corrected chi connectivity index (χ2v) is 8.26. The minimum absolute atomic E-state index is 0.0566. The van der Waals surface area contributed by atoms with Crippen LogP contribution in [-0.4, -0.2) is 65.5 Å². The Balaban J connectivity index is 1.29. The average Bonchev–Trinajstić information content (AvgIpc) is 3.49. The Morgan fingerprint density at radius 3 is 2.97 bits per heavy atom. The topological polar surface area (TPSA) is 88.3 Å². The molecule has 4 heterocycles. The SMILES string of the molecule is CCc1cc(C(=O)N2C[C@@H]3CN(Cc4cccc5c4OCO5)C[C@]3(CO)C2)on1. The van der Waals surface area contributed by atoms with Crippen LogP contribution < -0.4 is 9.47 Å². The summed E-state index contributed by atoms with van der Waals surface area (Å²) in [6.45, 7) is 5.73. The molecular weight excluding hydrogens is 374 g/mol. The number of likely N-dealkylation sites (tertiary alicyclic amines) is 2. The molecule has 5 rings (SSSR count). The molecule has 1 aromatic carbocycles. The Labute approximate surface area is 169 Å². The number of carbonyl (C=O) groups excluding carboxylic acids is 1. The molecule has 2 fully saturated rings. The lowest BCUT2D eigenvalue weighted by atomic mass is 9.82. The summed E-state index contributed by atoms with van der Waals surface area (Å²) in [5.74, 6) is 1.96. The smallest absolute Gasteiger partial charge is 0.292 e. The molecule has 0 aliphatic carbocycles. The number of hydrogen-bond acceptors (Lipinski definition) is 7. The highest BCUT2D eigenvalue weighted by atomic mass is 16.7. The van der Waals surface area contributed by atoms with Gasteiger partial charge in [-0.05, 0) is 18.4 Å². The molecule has 0 radical (unpaired) electrons. The second kappa shape index (κ2) is 7.03. The number of aliphatic hydroxyl groups excluding tert-OH is 1. The first-order valence-corrected chi connectivity index (χ1v) is 10.1. The van der Waals surface area contributed by atoms with E-state index in [0.29, 0.717) is 13.1 Å². The number of para-hydroxylation sites is 1. The van der Waals surface area contributed by atoms with Crippen LogP contribution in [0.15, 0.2) is 28.8 Å². The van der Waals surface area contributed by atoms with E-state index in [1.165, 1.54) is 0 Å². The van der Waals surface area contributed by atoms with E-state index < -0.39 is 0 Å². The molecule has 0 spiro atoms. The summed E-state index contributed by atoms with van der Waals surface area (Å²) in [4.78, 5) is 17.0. The maximum Gasteiger partial charge on any atom is 0.292 e. The third kappa shape index (κ3) is 3.07. The number of hydrogen-bond donors (Lipinski definition) is 1. The first kappa shape index (κ1) is 18.4. The van der Waals surface area contributed by atoms with Crippen molar-refractivity contribution in [1.82, 2.24) is 15.0 Å². The number of aromatic nitrogens is 1. The normalized spacial score (nSPS) is 25.6. The zero-order chi connectivity index (χ0) is 20.0. The van der Waals surface area contributed by atoms with Crippen LogP contribution in [-0.2, 0) is 13.0 Å². The lowest BCUT2D eigenvalue weighted by molar-refractivity contribution is 0.0680. The summed E-state index contributed by atoms with van der Waals surface area (Å²) < 4.78 is 16.3. The van der Waals surface area contributed by atoms with Crippen LogP contribution in [0.2, 0.25) is 0 Å².